The van der Waals surface area contributed by atoms with Crippen molar-refractivity contribution in [1.29, 1.82) is 0 Å². The molecule has 0 spiro atoms. The lowest BCUT2D eigenvalue weighted by molar-refractivity contribution is -0.139. The quantitative estimate of drug-likeness (QED) is 0.725. The van der Waals surface area contributed by atoms with Gasteiger partial charge in [-0.3, -0.25) is 9.59 Å². The second-order valence-corrected chi connectivity index (χ2v) is 4.98. The SMILES string of the molecule is CCCCC(C(=O)O)c1ccccc1CCCC(=O)O. The van der Waals surface area contributed by atoms with Gasteiger partial charge in [0.2, 0.25) is 0 Å². The largest absolute Gasteiger partial charge is 0.481 e. The molecule has 0 heterocycles. The summed E-state index contributed by atoms with van der Waals surface area (Å²) < 4.78 is 0. The van der Waals surface area contributed by atoms with Gasteiger partial charge in [-0.25, -0.2) is 0 Å². The molecule has 1 aromatic carbocycles. The second kappa shape index (κ2) is 8.35. The van der Waals surface area contributed by atoms with Crippen LogP contribution in [0.3, 0.4) is 0 Å². The van der Waals surface area contributed by atoms with E-state index in [9.17, 15) is 14.7 Å². The molecule has 0 fully saturated rings. The van der Waals surface area contributed by atoms with Gasteiger partial charge in [-0.05, 0) is 30.4 Å². The van der Waals surface area contributed by atoms with Crippen LogP contribution in [-0.4, -0.2) is 22.2 Å². The maximum Gasteiger partial charge on any atom is 0.310 e. The average Bonchev–Trinajstić information content (AvgIpc) is 2.40. The van der Waals surface area contributed by atoms with Gasteiger partial charge in [-0.2, -0.15) is 0 Å². The molecule has 4 heteroatoms. The third-order valence-corrected chi connectivity index (χ3v) is 3.41. The van der Waals surface area contributed by atoms with Crippen LogP contribution in [0.25, 0.3) is 0 Å². The molecule has 110 valence electrons. The predicted octanol–water partition coefficient (Wildman–Crippen LogP) is 3.45. The number of hydrogen-bond donors (Lipinski definition) is 2. The van der Waals surface area contributed by atoms with Crippen molar-refractivity contribution in [3.05, 3.63) is 35.4 Å². The van der Waals surface area contributed by atoms with E-state index in [4.69, 9.17) is 5.11 Å². The fourth-order valence-corrected chi connectivity index (χ4v) is 2.35. The van der Waals surface area contributed by atoms with E-state index in [1.165, 1.54) is 0 Å². The van der Waals surface area contributed by atoms with Gasteiger partial charge in [0.25, 0.3) is 0 Å². The Kier molecular flexibility index (Phi) is 6.77. The Bertz CT molecular complexity index is 454. The van der Waals surface area contributed by atoms with Crippen LogP contribution in [0.1, 0.15) is 56.1 Å². The molecule has 20 heavy (non-hydrogen) atoms. The number of aryl methyl sites for hydroxylation is 1. The Labute approximate surface area is 119 Å². The molecular weight excluding hydrogens is 256 g/mol. The molecule has 0 aliphatic rings. The molecule has 1 unspecified atom stereocenters. The molecule has 0 radical (unpaired) electrons. The topological polar surface area (TPSA) is 74.6 Å². The van der Waals surface area contributed by atoms with E-state index in [0.717, 1.165) is 24.0 Å². The zero-order chi connectivity index (χ0) is 15.0. The summed E-state index contributed by atoms with van der Waals surface area (Å²) in [6, 6.07) is 7.47. The Hall–Kier alpha value is -1.84. The standard InChI is InChI=1S/C16H22O4/c1-2-3-9-14(16(19)20)13-10-5-4-7-12(13)8-6-11-15(17)18/h4-5,7,10,14H,2-3,6,8-9,11H2,1H3,(H,17,18)(H,19,20). The van der Waals surface area contributed by atoms with Crippen LogP contribution < -0.4 is 0 Å². The zero-order valence-corrected chi connectivity index (χ0v) is 11.8. The molecule has 1 atom stereocenters. The summed E-state index contributed by atoms with van der Waals surface area (Å²) in [5.41, 5.74) is 1.79. The first-order chi connectivity index (χ1) is 9.56. The fourth-order valence-electron chi connectivity index (χ4n) is 2.35. The third-order valence-electron chi connectivity index (χ3n) is 3.41. The van der Waals surface area contributed by atoms with Crippen molar-refractivity contribution in [3.63, 3.8) is 0 Å². The normalized spacial score (nSPS) is 12.1. The first-order valence-corrected chi connectivity index (χ1v) is 7.08. The molecule has 2 N–H and O–H groups in total. The number of carboxylic acids is 2. The van der Waals surface area contributed by atoms with Crippen molar-refractivity contribution < 1.29 is 19.8 Å². The summed E-state index contributed by atoms with van der Waals surface area (Å²) in [5.74, 6) is -2.11. The molecule has 4 nitrogen and oxygen atoms in total. The van der Waals surface area contributed by atoms with Gasteiger partial charge >= 0.3 is 11.9 Å². The van der Waals surface area contributed by atoms with Crippen molar-refractivity contribution in [1.82, 2.24) is 0 Å². The number of carbonyl (C=O) groups is 2. The molecule has 1 aromatic rings. The molecule has 0 saturated carbocycles. The van der Waals surface area contributed by atoms with Crippen LogP contribution >= 0.6 is 0 Å². The Morgan fingerprint density at radius 1 is 1.15 bits per heavy atom. The fraction of sp³-hybridized carbons (Fsp3) is 0.500. The van der Waals surface area contributed by atoms with Gasteiger partial charge in [0.1, 0.15) is 0 Å². The van der Waals surface area contributed by atoms with Crippen molar-refractivity contribution in [2.75, 3.05) is 0 Å². The number of aliphatic carboxylic acids is 2. The summed E-state index contributed by atoms with van der Waals surface area (Å²) in [7, 11) is 0. The van der Waals surface area contributed by atoms with Crippen LogP contribution in [0.15, 0.2) is 24.3 Å². The highest BCUT2D eigenvalue weighted by Gasteiger charge is 2.21. The van der Waals surface area contributed by atoms with E-state index in [1.54, 1.807) is 0 Å². The van der Waals surface area contributed by atoms with E-state index in [0.29, 0.717) is 19.3 Å². The Morgan fingerprint density at radius 3 is 2.45 bits per heavy atom. The number of carboxylic acid groups (broad SMARTS) is 2. The van der Waals surface area contributed by atoms with Crippen LogP contribution in [0.2, 0.25) is 0 Å². The molecular formula is C16H22O4. The van der Waals surface area contributed by atoms with Crippen molar-refractivity contribution >= 4 is 11.9 Å². The van der Waals surface area contributed by atoms with Crippen molar-refractivity contribution in [2.24, 2.45) is 0 Å². The highest BCUT2D eigenvalue weighted by Crippen LogP contribution is 2.26. The Balaban J connectivity index is 2.85. The van der Waals surface area contributed by atoms with Gasteiger partial charge in [0.05, 0.1) is 5.92 Å². The molecule has 0 saturated heterocycles. The number of unbranched alkanes of at least 4 members (excludes halogenated alkanes) is 1. The highest BCUT2D eigenvalue weighted by atomic mass is 16.4. The minimum absolute atomic E-state index is 0.112. The average molecular weight is 278 g/mol. The summed E-state index contributed by atoms with van der Waals surface area (Å²) in [6.07, 6.45) is 3.72. The Morgan fingerprint density at radius 2 is 1.85 bits per heavy atom. The van der Waals surface area contributed by atoms with Gasteiger partial charge in [0, 0.05) is 6.42 Å². The molecule has 0 bridgehead atoms. The summed E-state index contributed by atoms with van der Waals surface area (Å²) >= 11 is 0. The summed E-state index contributed by atoms with van der Waals surface area (Å²) in [4.78, 5) is 22.0. The van der Waals surface area contributed by atoms with Crippen LogP contribution in [0.5, 0.6) is 0 Å². The van der Waals surface area contributed by atoms with Gasteiger partial charge < -0.3 is 10.2 Å². The lowest BCUT2D eigenvalue weighted by atomic mass is 9.88. The van der Waals surface area contributed by atoms with Crippen LogP contribution in [-0.2, 0) is 16.0 Å². The number of hydrogen-bond acceptors (Lipinski definition) is 2. The van der Waals surface area contributed by atoms with Gasteiger partial charge in [0.15, 0.2) is 0 Å². The number of benzene rings is 1. The first-order valence-electron chi connectivity index (χ1n) is 7.08. The van der Waals surface area contributed by atoms with Crippen LogP contribution in [0, 0.1) is 0 Å². The van der Waals surface area contributed by atoms with Gasteiger partial charge in [-0.15, -0.1) is 0 Å². The summed E-state index contributed by atoms with van der Waals surface area (Å²) in [6.45, 7) is 2.04. The molecule has 0 aliphatic carbocycles. The van der Waals surface area contributed by atoms with Crippen LogP contribution in [0.4, 0.5) is 0 Å². The smallest absolute Gasteiger partial charge is 0.310 e. The minimum atomic E-state index is -0.816. The molecule has 0 aromatic heterocycles. The lowest BCUT2D eigenvalue weighted by Gasteiger charge is -2.16. The minimum Gasteiger partial charge on any atom is -0.481 e. The monoisotopic (exact) mass is 278 g/mol. The lowest BCUT2D eigenvalue weighted by Crippen LogP contribution is -2.14. The molecule has 0 aliphatic heterocycles. The van der Waals surface area contributed by atoms with Crippen molar-refractivity contribution in [3.8, 4) is 0 Å². The number of rotatable bonds is 9. The first kappa shape index (κ1) is 16.2. The van der Waals surface area contributed by atoms with Crippen molar-refractivity contribution in [2.45, 2.75) is 51.4 Å². The maximum absolute atomic E-state index is 11.4. The van der Waals surface area contributed by atoms with E-state index in [1.807, 2.05) is 31.2 Å². The van der Waals surface area contributed by atoms with Gasteiger partial charge in [-0.1, -0.05) is 44.0 Å². The van der Waals surface area contributed by atoms with E-state index < -0.39 is 17.9 Å². The predicted molar refractivity (Wildman–Crippen MR) is 76.9 cm³/mol. The second-order valence-electron chi connectivity index (χ2n) is 4.98. The molecule has 0 amide bonds. The molecule has 1 rings (SSSR count). The zero-order valence-electron chi connectivity index (χ0n) is 11.8. The van der Waals surface area contributed by atoms with E-state index in [-0.39, 0.29) is 6.42 Å². The summed E-state index contributed by atoms with van der Waals surface area (Å²) in [5, 5.41) is 18.1. The van der Waals surface area contributed by atoms with E-state index in [2.05, 4.69) is 0 Å². The maximum atomic E-state index is 11.4. The highest BCUT2D eigenvalue weighted by molar-refractivity contribution is 5.76. The van der Waals surface area contributed by atoms with E-state index >= 15 is 0 Å². The third kappa shape index (κ3) is 5.03.